The first-order valence-electron chi connectivity index (χ1n) is 8.69. The summed E-state index contributed by atoms with van der Waals surface area (Å²) in [6.45, 7) is 3.32. The van der Waals surface area contributed by atoms with Gasteiger partial charge in [0, 0.05) is 6.42 Å². The van der Waals surface area contributed by atoms with Gasteiger partial charge < -0.3 is 19.4 Å². The minimum Gasteiger partial charge on any atom is -0.493 e. The molecule has 0 radical (unpaired) electrons. The Hall–Kier alpha value is -3.02. The van der Waals surface area contributed by atoms with E-state index in [1.54, 1.807) is 7.11 Å². The lowest BCUT2D eigenvalue weighted by atomic mass is 10.3. The van der Waals surface area contributed by atoms with E-state index in [-0.39, 0.29) is 5.91 Å². The fourth-order valence-corrected chi connectivity index (χ4v) is 2.80. The number of para-hydroxylation sites is 4. The molecule has 1 aromatic heterocycles. The maximum Gasteiger partial charge on any atom is 0.220 e. The van der Waals surface area contributed by atoms with Gasteiger partial charge in [0.25, 0.3) is 0 Å². The first kappa shape index (κ1) is 17.8. The molecule has 0 spiro atoms. The highest BCUT2D eigenvalue weighted by atomic mass is 16.5. The molecular formula is C20H23N3O3. The first-order valence-corrected chi connectivity index (χ1v) is 8.69. The topological polar surface area (TPSA) is 65.4 Å². The number of hydrogen-bond acceptors (Lipinski definition) is 4. The van der Waals surface area contributed by atoms with E-state index < -0.39 is 0 Å². The predicted octanol–water partition coefficient (Wildman–Crippen LogP) is 3.15. The molecule has 26 heavy (non-hydrogen) atoms. The van der Waals surface area contributed by atoms with Crippen molar-refractivity contribution in [1.82, 2.24) is 14.9 Å². The second kappa shape index (κ2) is 8.38. The molecule has 0 aliphatic heterocycles. The van der Waals surface area contributed by atoms with Gasteiger partial charge in [-0.3, -0.25) is 4.79 Å². The average molecular weight is 353 g/mol. The van der Waals surface area contributed by atoms with Gasteiger partial charge in [0.2, 0.25) is 5.91 Å². The number of nitrogens with one attached hydrogen (secondary N) is 1. The van der Waals surface area contributed by atoms with Crippen molar-refractivity contribution < 1.29 is 14.3 Å². The Balaban J connectivity index is 1.76. The summed E-state index contributed by atoms with van der Waals surface area (Å²) in [7, 11) is 1.63. The van der Waals surface area contributed by atoms with Gasteiger partial charge in [0.05, 0.1) is 31.2 Å². The summed E-state index contributed by atoms with van der Waals surface area (Å²) < 4.78 is 13.3. The van der Waals surface area contributed by atoms with Gasteiger partial charge in [-0.2, -0.15) is 0 Å². The lowest BCUT2D eigenvalue weighted by molar-refractivity contribution is -0.120. The van der Waals surface area contributed by atoms with Crippen molar-refractivity contribution >= 4 is 16.9 Å². The Labute approximate surface area is 152 Å². The van der Waals surface area contributed by atoms with Crippen molar-refractivity contribution in [3.63, 3.8) is 0 Å². The third-order valence-corrected chi connectivity index (χ3v) is 4.14. The molecule has 6 heteroatoms. The molecule has 1 N–H and O–H groups in total. The van der Waals surface area contributed by atoms with Gasteiger partial charge in [-0.1, -0.05) is 31.2 Å². The van der Waals surface area contributed by atoms with E-state index in [1.165, 1.54) is 0 Å². The molecule has 0 atom stereocenters. The zero-order valence-corrected chi connectivity index (χ0v) is 15.1. The van der Waals surface area contributed by atoms with Crippen molar-refractivity contribution in [2.75, 3.05) is 13.7 Å². The minimum absolute atomic E-state index is 0.00822. The molecule has 0 fully saturated rings. The van der Waals surface area contributed by atoms with Crippen LogP contribution < -0.4 is 14.8 Å². The quantitative estimate of drug-likeness (QED) is 0.676. The smallest absolute Gasteiger partial charge is 0.220 e. The molecule has 0 bridgehead atoms. The summed E-state index contributed by atoms with van der Waals surface area (Å²) in [5, 5.41) is 2.89. The molecule has 6 nitrogen and oxygen atoms in total. The Morgan fingerprint density at radius 2 is 1.85 bits per heavy atom. The molecule has 0 aliphatic rings. The van der Waals surface area contributed by atoms with E-state index in [1.807, 2.05) is 55.5 Å². The van der Waals surface area contributed by atoms with E-state index >= 15 is 0 Å². The van der Waals surface area contributed by atoms with Crippen LogP contribution in [0, 0.1) is 0 Å². The number of carbonyl (C=O) groups excluding carboxylic acids is 1. The second-order valence-corrected chi connectivity index (χ2v) is 5.80. The van der Waals surface area contributed by atoms with E-state index in [2.05, 4.69) is 14.9 Å². The van der Waals surface area contributed by atoms with Crippen LogP contribution in [-0.4, -0.2) is 29.2 Å². The standard InChI is InChI=1S/C20H23N3O3/c1-3-20(24)21-14-19-22-15-8-4-5-9-16(15)23(19)12-13-26-18-11-7-6-10-17(18)25-2/h4-11H,3,12-14H2,1-2H3,(H,21,24). The number of imidazole rings is 1. The second-order valence-electron chi connectivity index (χ2n) is 5.80. The normalized spacial score (nSPS) is 10.7. The van der Waals surface area contributed by atoms with Crippen LogP contribution in [0.3, 0.4) is 0 Å². The predicted molar refractivity (Wildman–Crippen MR) is 100 cm³/mol. The maximum absolute atomic E-state index is 11.6. The van der Waals surface area contributed by atoms with Crippen LogP contribution >= 0.6 is 0 Å². The Kier molecular flexibility index (Phi) is 5.73. The largest absolute Gasteiger partial charge is 0.493 e. The van der Waals surface area contributed by atoms with Gasteiger partial charge >= 0.3 is 0 Å². The highest BCUT2D eigenvalue weighted by molar-refractivity contribution is 5.77. The molecule has 2 aromatic carbocycles. The van der Waals surface area contributed by atoms with Crippen LogP contribution in [0.2, 0.25) is 0 Å². The SMILES string of the molecule is CCC(=O)NCc1nc2ccccc2n1CCOc1ccccc1OC. The van der Waals surface area contributed by atoms with Crippen molar-refractivity contribution in [1.29, 1.82) is 0 Å². The highest BCUT2D eigenvalue weighted by Crippen LogP contribution is 2.26. The molecule has 0 unspecified atom stereocenters. The fraction of sp³-hybridized carbons (Fsp3) is 0.300. The van der Waals surface area contributed by atoms with E-state index in [4.69, 9.17) is 9.47 Å². The van der Waals surface area contributed by atoms with Gasteiger partial charge in [-0.15, -0.1) is 0 Å². The Morgan fingerprint density at radius 3 is 2.62 bits per heavy atom. The van der Waals surface area contributed by atoms with Gasteiger partial charge in [-0.25, -0.2) is 4.98 Å². The van der Waals surface area contributed by atoms with Gasteiger partial charge in [0.15, 0.2) is 11.5 Å². The third-order valence-electron chi connectivity index (χ3n) is 4.14. The van der Waals surface area contributed by atoms with Crippen LogP contribution in [-0.2, 0) is 17.9 Å². The van der Waals surface area contributed by atoms with Crippen molar-refractivity contribution in [3.05, 3.63) is 54.4 Å². The first-order chi connectivity index (χ1) is 12.7. The van der Waals surface area contributed by atoms with Crippen molar-refractivity contribution in [2.45, 2.75) is 26.4 Å². The number of fused-ring (bicyclic) bond motifs is 1. The highest BCUT2D eigenvalue weighted by Gasteiger charge is 2.12. The minimum atomic E-state index is 0.00822. The van der Waals surface area contributed by atoms with Crippen LogP contribution in [0.4, 0.5) is 0 Å². The molecular weight excluding hydrogens is 330 g/mol. The number of hydrogen-bond donors (Lipinski definition) is 1. The number of ether oxygens (including phenoxy) is 2. The number of nitrogens with zero attached hydrogens (tertiary/aromatic N) is 2. The monoisotopic (exact) mass is 353 g/mol. The molecule has 3 rings (SSSR count). The van der Waals surface area contributed by atoms with Crippen LogP contribution in [0.5, 0.6) is 11.5 Å². The summed E-state index contributed by atoms with van der Waals surface area (Å²) in [6, 6.07) is 15.5. The summed E-state index contributed by atoms with van der Waals surface area (Å²) >= 11 is 0. The lowest BCUT2D eigenvalue weighted by Gasteiger charge is -2.13. The van der Waals surface area contributed by atoms with Crippen molar-refractivity contribution in [3.8, 4) is 11.5 Å². The summed E-state index contributed by atoms with van der Waals surface area (Å²) in [5.74, 6) is 2.24. The number of methoxy groups -OCH3 is 1. The molecule has 1 heterocycles. The van der Waals surface area contributed by atoms with E-state index in [0.29, 0.717) is 37.6 Å². The van der Waals surface area contributed by atoms with E-state index in [9.17, 15) is 4.79 Å². The molecule has 0 saturated heterocycles. The van der Waals surface area contributed by atoms with Gasteiger partial charge in [0.1, 0.15) is 12.4 Å². The summed E-state index contributed by atoms with van der Waals surface area (Å²) in [6.07, 6.45) is 0.455. The molecule has 0 aliphatic carbocycles. The molecule has 3 aromatic rings. The zero-order valence-electron chi connectivity index (χ0n) is 15.1. The van der Waals surface area contributed by atoms with E-state index in [0.717, 1.165) is 16.9 Å². The van der Waals surface area contributed by atoms with Crippen molar-refractivity contribution in [2.24, 2.45) is 0 Å². The Bertz CT molecular complexity index is 889. The fourth-order valence-electron chi connectivity index (χ4n) is 2.80. The van der Waals surface area contributed by atoms with Crippen LogP contribution in [0.15, 0.2) is 48.5 Å². The summed E-state index contributed by atoms with van der Waals surface area (Å²) in [4.78, 5) is 16.2. The average Bonchev–Trinajstić information content (AvgIpc) is 3.04. The molecule has 0 saturated carbocycles. The molecule has 1 amide bonds. The number of rotatable bonds is 8. The maximum atomic E-state index is 11.6. The zero-order chi connectivity index (χ0) is 18.4. The Morgan fingerprint density at radius 1 is 1.12 bits per heavy atom. The summed E-state index contributed by atoms with van der Waals surface area (Å²) in [5.41, 5.74) is 1.93. The van der Waals surface area contributed by atoms with Crippen LogP contribution in [0.25, 0.3) is 11.0 Å². The lowest BCUT2D eigenvalue weighted by Crippen LogP contribution is -2.24. The third kappa shape index (κ3) is 3.96. The number of aromatic nitrogens is 2. The number of amides is 1. The number of benzene rings is 2. The van der Waals surface area contributed by atoms with Gasteiger partial charge in [-0.05, 0) is 24.3 Å². The van der Waals surface area contributed by atoms with Crippen LogP contribution in [0.1, 0.15) is 19.2 Å². The molecule has 136 valence electrons. The number of carbonyl (C=O) groups is 1.